The van der Waals surface area contributed by atoms with Crippen LogP contribution in [0.1, 0.15) is 42.6 Å². The van der Waals surface area contributed by atoms with Crippen molar-refractivity contribution in [1.82, 2.24) is 30.6 Å². The zero-order valence-corrected chi connectivity index (χ0v) is 30.9. The average Bonchev–Trinajstić information content (AvgIpc) is 3.79. The van der Waals surface area contributed by atoms with Crippen molar-refractivity contribution >= 4 is 85.2 Å². The first-order valence-corrected chi connectivity index (χ1v) is 17.9. The Kier molecular flexibility index (Phi) is 11.1. The maximum atomic E-state index is 13.0. The van der Waals surface area contributed by atoms with Crippen molar-refractivity contribution in [2.24, 2.45) is 5.41 Å². The number of fused-ring (bicyclic) bond motifs is 1. The molecular formula is C35H32Cl2F3N9O4S. The normalized spacial score (nSPS) is 13.5. The van der Waals surface area contributed by atoms with Gasteiger partial charge in [0.15, 0.2) is 11.7 Å². The largest absolute Gasteiger partial charge is 0.454 e. The number of thiazole rings is 1. The minimum atomic E-state index is -4.61. The Labute approximate surface area is 320 Å². The van der Waals surface area contributed by atoms with Crippen LogP contribution in [-0.2, 0) is 15.1 Å². The number of rotatable bonds is 13. The number of halogens is 5. The van der Waals surface area contributed by atoms with Crippen LogP contribution in [0.5, 0.6) is 6.01 Å². The molecule has 0 spiro atoms. The molecule has 1 aliphatic carbocycles. The van der Waals surface area contributed by atoms with Gasteiger partial charge >= 0.3 is 24.0 Å². The SMILES string of the molecule is CC(C)(CNC(=O)C(=O)Nc1nc2ccc(Cl)cc2s1)CNC(=O)c1ccc(Nc2nc(NC3(c4ccc(Cl)cc4)CC3)nc(OCC(F)(F)F)n2)cc1. The van der Waals surface area contributed by atoms with Gasteiger partial charge in [0.25, 0.3) is 5.91 Å². The topological polar surface area (TPSA) is 172 Å². The summed E-state index contributed by atoms with van der Waals surface area (Å²) < 4.78 is 44.4. The standard InChI is InChI=1S/C35H32Cl2F3N9O4S/c1-33(2,17-42-27(51)28(52)45-32-44-24-12-9-22(37)15-25(24)54-32)16-41-26(50)19-3-10-23(11-4-19)43-29-46-30(48-31(47-29)53-18-35(38,39)40)49-34(13-14-34)20-5-7-21(36)8-6-20/h3-12,15H,13-14,16-18H2,1-2H3,(H,41,50)(H,42,51)(H,44,45,52)(H2,43,46,47,48,49). The van der Waals surface area contributed by atoms with Gasteiger partial charge in [-0.25, -0.2) is 4.98 Å². The van der Waals surface area contributed by atoms with E-state index in [1.165, 1.54) is 23.5 Å². The van der Waals surface area contributed by atoms with Crippen LogP contribution in [0.2, 0.25) is 10.0 Å². The van der Waals surface area contributed by atoms with E-state index < -0.39 is 47.5 Å². The van der Waals surface area contributed by atoms with Gasteiger partial charge in [-0.05, 0) is 78.4 Å². The number of benzene rings is 3. The summed E-state index contributed by atoms with van der Waals surface area (Å²) in [7, 11) is 0. The molecule has 282 valence electrons. The van der Waals surface area contributed by atoms with Gasteiger partial charge in [-0.1, -0.05) is 60.5 Å². The summed E-state index contributed by atoms with van der Waals surface area (Å²) >= 11 is 13.2. The van der Waals surface area contributed by atoms with E-state index in [1.54, 1.807) is 56.3 Å². The molecule has 0 unspecified atom stereocenters. The average molecular weight is 803 g/mol. The zero-order chi connectivity index (χ0) is 38.7. The summed E-state index contributed by atoms with van der Waals surface area (Å²) in [4.78, 5) is 54.6. The number of nitrogens with zero attached hydrogens (tertiary/aromatic N) is 4. The predicted molar refractivity (Wildman–Crippen MR) is 199 cm³/mol. The number of ether oxygens (including phenoxy) is 1. The molecule has 0 aliphatic heterocycles. The van der Waals surface area contributed by atoms with Crippen LogP contribution in [-0.4, -0.2) is 63.5 Å². The van der Waals surface area contributed by atoms with Gasteiger partial charge in [0.1, 0.15) is 0 Å². The lowest BCUT2D eigenvalue weighted by molar-refractivity contribution is -0.154. The molecule has 13 nitrogen and oxygen atoms in total. The van der Waals surface area contributed by atoms with Crippen molar-refractivity contribution in [3.8, 4) is 6.01 Å². The molecule has 0 saturated heterocycles. The quantitative estimate of drug-likeness (QED) is 0.0775. The Morgan fingerprint density at radius 1 is 0.833 bits per heavy atom. The summed E-state index contributed by atoms with van der Waals surface area (Å²) in [5.74, 6) is -2.22. The van der Waals surface area contributed by atoms with Gasteiger partial charge in [0, 0.05) is 34.4 Å². The molecule has 0 bridgehead atoms. The third-order valence-corrected chi connectivity index (χ3v) is 9.53. The second-order valence-electron chi connectivity index (χ2n) is 13.2. The van der Waals surface area contributed by atoms with E-state index in [0.29, 0.717) is 26.8 Å². The van der Waals surface area contributed by atoms with Crippen molar-refractivity contribution in [2.75, 3.05) is 35.6 Å². The fourth-order valence-corrected chi connectivity index (χ4v) is 6.36. The molecule has 1 fully saturated rings. The van der Waals surface area contributed by atoms with E-state index in [1.807, 2.05) is 12.1 Å². The number of alkyl halides is 3. The van der Waals surface area contributed by atoms with E-state index in [2.05, 4.69) is 46.5 Å². The van der Waals surface area contributed by atoms with E-state index in [4.69, 9.17) is 27.9 Å². The van der Waals surface area contributed by atoms with Crippen LogP contribution in [0.4, 0.5) is 35.9 Å². The summed E-state index contributed by atoms with van der Waals surface area (Å²) in [5.41, 5.74) is 1.13. The molecule has 54 heavy (non-hydrogen) atoms. The number of amides is 3. The first-order chi connectivity index (χ1) is 25.5. The van der Waals surface area contributed by atoms with Crippen LogP contribution >= 0.6 is 34.5 Å². The van der Waals surface area contributed by atoms with E-state index >= 15 is 0 Å². The number of carbonyl (C=O) groups is 3. The molecule has 19 heteroatoms. The van der Waals surface area contributed by atoms with Crippen molar-refractivity contribution in [2.45, 2.75) is 38.4 Å². The lowest BCUT2D eigenvalue weighted by Gasteiger charge is -2.25. The monoisotopic (exact) mass is 801 g/mol. The molecule has 2 aromatic heterocycles. The number of hydrogen-bond donors (Lipinski definition) is 5. The third kappa shape index (κ3) is 10.2. The summed E-state index contributed by atoms with van der Waals surface area (Å²) in [6.45, 7) is 2.25. The zero-order valence-electron chi connectivity index (χ0n) is 28.6. The predicted octanol–water partition coefficient (Wildman–Crippen LogP) is 7.08. The Morgan fingerprint density at radius 2 is 1.50 bits per heavy atom. The lowest BCUT2D eigenvalue weighted by atomic mass is 9.93. The maximum Gasteiger partial charge on any atom is 0.422 e. The summed E-state index contributed by atoms with van der Waals surface area (Å²) in [5, 5.41) is 15.4. The minimum Gasteiger partial charge on any atom is -0.454 e. The van der Waals surface area contributed by atoms with Gasteiger partial charge in [-0.2, -0.15) is 28.1 Å². The Morgan fingerprint density at radius 3 is 2.19 bits per heavy atom. The van der Waals surface area contributed by atoms with Crippen molar-refractivity contribution in [3.05, 3.63) is 87.9 Å². The molecule has 0 atom stereocenters. The molecule has 2 heterocycles. The van der Waals surface area contributed by atoms with Crippen LogP contribution in [0, 0.1) is 5.41 Å². The molecule has 6 rings (SSSR count). The van der Waals surface area contributed by atoms with Gasteiger partial charge in [0.05, 0.1) is 15.8 Å². The highest BCUT2D eigenvalue weighted by atomic mass is 35.5. The highest BCUT2D eigenvalue weighted by Crippen LogP contribution is 2.48. The van der Waals surface area contributed by atoms with Gasteiger partial charge < -0.3 is 26.0 Å². The third-order valence-electron chi connectivity index (χ3n) is 8.11. The molecular weight excluding hydrogens is 770 g/mol. The van der Waals surface area contributed by atoms with Crippen LogP contribution in [0.3, 0.4) is 0 Å². The first kappa shape index (κ1) is 38.5. The molecule has 1 saturated carbocycles. The number of carbonyl (C=O) groups excluding carboxylic acids is 3. The van der Waals surface area contributed by atoms with Crippen LogP contribution in [0.25, 0.3) is 10.2 Å². The first-order valence-electron chi connectivity index (χ1n) is 16.4. The Hall–Kier alpha value is -5.26. The molecule has 5 aromatic rings. The second kappa shape index (κ2) is 15.6. The molecule has 0 radical (unpaired) electrons. The van der Waals surface area contributed by atoms with Crippen LogP contribution in [0.15, 0.2) is 66.7 Å². The molecule has 3 amide bonds. The maximum absolute atomic E-state index is 13.0. The molecule has 1 aliphatic rings. The van der Waals surface area contributed by atoms with Gasteiger partial charge in [-0.15, -0.1) is 0 Å². The number of nitrogens with one attached hydrogen (secondary N) is 5. The lowest BCUT2D eigenvalue weighted by Crippen LogP contribution is -2.44. The fraction of sp³-hybridized carbons (Fsp3) is 0.286. The Bertz CT molecular complexity index is 2180. The highest BCUT2D eigenvalue weighted by Gasteiger charge is 2.45. The smallest absolute Gasteiger partial charge is 0.422 e. The van der Waals surface area contributed by atoms with Crippen molar-refractivity contribution in [3.63, 3.8) is 0 Å². The molecule has 5 N–H and O–H groups in total. The van der Waals surface area contributed by atoms with E-state index in [-0.39, 0.29) is 30.1 Å². The number of anilines is 4. The minimum absolute atomic E-state index is 0.00602. The fourth-order valence-electron chi connectivity index (χ4n) is 5.10. The van der Waals surface area contributed by atoms with Crippen LogP contribution < -0.4 is 31.3 Å². The summed E-state index contributed by atoms with van der Waals surface area (Å²) in [6, 6.07) is 18.0. The van der Waals surface area contributed by atoms with Gasteiger partial charge in [-0.3, -0.25) is 19.7 Å². The summed E-state index contributed by atoms with van der Waals surface area (Å²) in [6.07, 6.45) is -3.15. The van der Waals surface area contributed by atoms with Gasteiger partial charge in [0.2, 0.25) is 11.9 Å². The van der Waals surface area contributed by atoms with Crippen molar-refractivity contribution < 1.29 is 32.3 Å². The Balaban J connectivity index is 1.03. The van der Waals surface area contributed by atoms with E-state index in [9.17, 15) is 27.6 Å². The second-order valence-corrected chi connectivity index (χ2v) is 15.1. The van der Waals surface area contributed by atoms with Crippen molar-refractivity contribution in [1.29, 1.82) is 0 Å². The number of hydrogen-bond acceptors (Lipinski definition) is 11. The highest BCUT2D eigenvalue weighted by molar-refractivity contribution is 7.22. The molecule has 3 aromatic carbocycles. The van der Waals surface area contributed by atoms with E-state index in [0.717, 1.165) is 23.1 Å². The number of aromatic nitrogens is 4.